The number of nitrogens with two attached hydrogens (primary N) is 1. The van der Waals surface area contributed by atoms with Gasteiger partial charge in [0.1, 0.15) is 0 Å². The monoisotopic (exact) mass is 471 g/mol. The Morgan fingerprint density at radius 1 is 1.12 bits per heavy atom. The summed E-state index contributed by atoms with van der Waals surface area (Å²) in [4.78, 5) is 21.3. The molecule has 0 unspecified atom stereocenters. The van der Waals surface area contributed by atoms with Crippen LogP contribution in [0.5, 0.6) is 0 Å². The van der Waals surface area contributed by atoms with E-state index in [-0.39, 0.29) is 24.0 Å². The molecule has 0 atom stereocenters. The topological polar surface area (TPSA) is 74.0 Å². The number of amides is 1. The van der Waals surface area contributed by atoms with Crippen LogP contribution in [0.25, 0.3) is 0 Å². The van der Waals surface area contributed by atoms with E-state index in [2.05, 4.69) is 20.1 Å². The van der Waals surface area contributed by atoms with Gasteiger partial charge in [0.15, 0.2) is 5.96 Å². The highest BCUT2D eigenvalue weighted by Gasteiger charge is 2.29. The number of carbonyl (C=O) groups is 1. The first-order valence-electron chi connectivity index (χ1n) is 9.35. The average Bonchev–Trinajstić information content (AvgIpc) is 3.17. The number of halogens is 1. The number of carbonyl (C=O) groups excluding carboxylic acids is 1. The molecule has 6 nitrogen and oxygen atoms in total. The van der Waals surface area contributed by atoms with E-state index in [9.17, 15) is 4.79 Å². The fourth-order valence-corrected chi connectivity index (χ4v) is 3.64. The summed E-state index contributed by atoms with van der Waals surface area (Å²) in [5.41, 5.74) is 6.87. The first kappa shape index (κ1) is 21.0. The minimum absolute atomic E-state index is 0. The van der Waals surface area contributed by atoms with Crippen molar-refractivity contribution in [2.24, 2.45) is 16.6 Å². The Morgan fingerprint density at radius 2 is 1.77 bits per heavy atom. The van der Waals surface area contributed by atoms with E-state index >= 15 is 0 Å². The predicted molar refractivity (Wildman–Crippen MR) is 117 cm³/mol. The highest BCUT2D eigenvalue weighted by atomic mass is 127. The second-order valence-corrected chi connectivity index (χ2v) is 6.91. The maximum absolute atomic E-state index is 12.4. The minimum atomic E-state index is 0. The molecule has 1 aromatic carbocycles. The Hall–Kier alpha value is -1.35. The van der Waals surface area contributed by atoms with Crippen molar-refractivity contribution < 1.29 is 4.79 Å². The summed E-state index contributed by atoms with van der Waals surface area (Å²) >= 11 is 0. The summed E-state index contributed by atoms with van der Waals surface area (Å²) in [5, 5.41) is 3.09. The molecule has 0 radical (unpaired) electrons. The predicted octanol–water partition coefficient (Wildman–Crippen LogP) is 2.37. The molecule has 1 saturated carbocycles. The number of guanidine groups is 1. The van der Waals surface area contributed by atoms with E-state index in [1.165, 1.54) is 12.8 Å². The quantitative estimate of drug-likeness (QED) is 0.393. The Labute approximate surface area is 173 Å². The minimum Gasteiger partial charge on any atom is -0.370 e. The van der Waals surface area contributed by atoms with Gasteiger partial charge in [0.2, 0.25) is 5.91 Å². The van der Waals surface area contributed by atoms with Crippen molar-refractivity contribution in [2.75, 3.05) is 44.6 Å². The van der Waals surface area contributed by atoms with Gasteiger partial charge in [-0.05, 0) is 25.0 Å². The van der Waals surface area contributed by atoms with Crippen molar-refractivity contribution in [1.29, 1.82) is 0 Å². The molecule has 1 saturated heterocycles. The summed E-state index contributed by atoms with van der Waals surface area (Å²) in [6, 6.07) is 9.81. The molecule has 1 aliphatic carbocycles. The maximum Gasteiger partial charge on any atom is 0.225 e. The van der Waals surface area contributed by atoms with Crippen LogP contribution in [0.3, 0.4) is 0 Å². The maximum atomic E-state index is 12.4. The summed E-state index contributed by atoms with van der Waals surface area (Å²) in [6.45, 7) is 5.10. The van der Waals surface area contributed by atoms with Crippen LogP contribution >= 0.6 is 24.0 Å². The molecule has 2 fully saturated rings. The second-order valence-electron chi connectivity index (χ2n) is 6.91. The van der Waals surface area contributed by atoms with Crippen LogP contribution in [-0.2, 0) is 4.79 Å². The molecule has 7 heteroatoms. The van der Waals surface area contributed by atoms with Crippen LogP contribution in [0, 0.1) is 5.92 Å². The van der Waals surface area contributed by atoms with Gasteiger partial charge in [-0.3, -0.25) is 14.7 Å². The zero-order valence-corrected chi connectivity index (χ0v) is 17.6. The Bertz CT molecular complexity index is 581. The van der Waals surface area contributed by atoms with Gasteiger partial charge in [-0.1, -0.05) is 31.0 Å². The molecular formula is C19H30IN5O. The number of piperazine rings is 1. The fourth-order valence-electron chi connectivity index (χ4n) is 3.64. The van der Waals surface area contributed by atoms with Crippen molar-refractivity contribution in [3.63, 3.8) is 0 Å². The van der Waals surface area contributed by atoms with E-state index in [0.717, 1.165) is 51.3 Å². The molecule has 1 heterocycles. The smallest absolute Gasteiger partial charge is 0.225 e. The molecule has 3 rings (SSSR count). The molecule has 144 valence electrons. The van der Waals surface area contributed by atoms with Gasteiger partial charge >= 0.3 is 0 Å². The number of para-hydroxylation sites is 1. The van der Waals surface area contributed by atoms with Crippen LogP contribution in [-0.4, -0.2) is 60.9 Å². The standard InChI is InChI=1S/C19H29N5O.HI/c20-19(22-17-8-2-1-3-9-17)21-10-11-23-12-14-24(15-13-23)18(25)16-6-4-5-7-16;/h1-3,8-9,16H,4-7,10-15H2,(H3,20,21,22);1H. The Kier molecular flexibility index (Phi) is 8.64. The van der Waals surface area contributed by atoms with Crippen molar-refractivity contribution in [2.45, 2.75) is 25.7 Å². The third-order valence-corrected chi connectivity index (χ3v) is 5.13. The van der Waals surface area contributed by atoms with Gasteiger partial charge in [0.25, 0.3) is 0 Å². The first-order valence-corrected chi connectivity index (χ1v) is 9.35. The van der Waals surface area contributed by atoms with E-state index in [1.807, 2.05) is 30.3 Å². The molecular weight excluding hydrogens is 441 g/mol. The van der Waals surface area contributed by atoms with Gasteiger partial charge in [-0.2, -0.15) is 0 Å². The molecule has 1 aliphatic heterocycles. The van der Waals surface area contributed by atoms with Crippen molar-refractivity contribution in [3.05, 3.63) is 30.3 Å². The number of hydrogen-bond acceptors (Lipinski definition) is 3. The summed E-state index contributed by atoms with van der Waals surface area (Å²) < 4.78 is 0. The highest BCUT2D eigenvalue weighted by Crippen LogP contribution is 2.26. The number of benzene rings is 1. The number of nitrogens with one attached hydrogen (secondary N) is 1. The lowest BCUT2D eigenvalue weighted by Crippen LogP contribution is -2.50. The number of rotatable bonds is 5. The third kappa shape index (κ3) is 6.12. The van der Waals surface area contributed by atoms with Gasteiger partial charge in [0, 0.05) is 44.3 Å². The zero-order chi connectivity index (χ0) is 17.5. The van der Waals surface area contributed by atoms with E-state index in [1.54, 1.807) is 0 Å². The van der Waals surface area contributed by atoms with Crippen LogP contribution in [0.15, 0.2) is 35.3 Å². The number of aliphatic imine (C=N–C) groups is 1. The molecule has 26 heavy (non-hydrogen) atoms. The van der Waals surface area contributed by atoms with Crippen LogP contribution in [0.1, 0.15) is 25.7 Å². The third-order valence-electron chi connectivity index (χ3n) is 5.13. The van der Waals surface area contributed by atoms with Crippen LogP contribution in [0.4, 0.5) is 5.69 Å². The van der Waals surface area contributed by atoms with E-state index < -0.39 is 0 Å². The fraction of sp³-hybridized carbons (Fsp3) is 0.579. The summed E-state index contributed by atoms with van der Waals surface area (Å²) in [6.07, 6.45) is 4.60. The van der Waals surface area contributed by atoms with Gasteiger partial charge in [0.05, 0.1) is 6.54 Å². The number of nitrogens with zero attached hydrogens (tertiary/aromatic N) is 3. The van der Waals surface area contributed by atoms with E-state index in [4.69, 9.17) is 5.73 Å². The number of anilines is 1. The summed E-state index contributed by atoms with van der Waals surface area (Å²) in [7, 11) is 0. The molecule has 0 bridgehead atoms. The SMILES string of the molecule is I.NC(=NCCN1CCN(C(=O)C2CCCC2)CC1)Nc1ccccc1. The second kappa shape index (κ2) is 10.7. The van der Waals surface area contributed by atoms with Crippen LogP contribution in [0.2, 0.25) is 0 Å². The van der Waals surface area contributed by atoms with Crippen molar-refractivity contribution in [3.8, 4) is 0 Å². The van der Waals surface area contributed by atoms with Crippen molar-refractivity contribution in [1.82, 2.24) is 9.80 Å². The molecule has 0 spiro atoms. The molecule has 2 aliphatic rings. The Morgan fingerprint density at radius 3 is 2.42 bits per heavy atom. The van der Waals surface area contributed by atoms with E-state index in [0.29, 0.717) is 24.3 Å². The average molecular weight is 471 g/mol. The first-order chi connectivity index (χ1) is 12.2. The molecule has 0 aromatic heterocycles. The zero-order valence-electron chi connectivity index (χ0n) is 15.3. The highest BCUT2D eigenvalue weighted by molar-refractivity contribution is 14.0. The van der Waals surface area contributed by atoms with Crippen LogP contribution < -0.4 is 11.1 Å². The number of hydrogen-bond donors (Lipinski definition) is 2. The lowest BCUT2D eigenvalue weighted by molar-refractivity contribution is -0.137. The summed E-state index contributed by atoms with van der Waals surface area (Å²) in [5.74, 6) is 1.12. The lowest BCUT2D eigenvalue weighted by atomic mass is 10.1. The van der Waals surface area contributed by atoms with Crippen molar-refractivity contribution >= 4 is 41.5 Å². The molecule has 1 amide bonds. The van der Waals surface area contributed by atoms with Gasteiger partial charge in [-0.25, -0.2) is 0 Å². The van der Waals surface area contributed by atoms with Gasteiger partial charge in [-0.15, -0.1) is 24.0 Å². The largest absolute Gasteiger partial charge is 0.370 e. The normalized spacial score (nSPS) is 19.2. The Balaban J connectivity index is 0.00000243. The molecule has 3 N–H and O–H groups in total. The molecule has 1 aromatic rings. The lowest BCUT2D eigenvalue weighted by Gasteiger charge is -2.35. The van der Waals surface area contributed by atoms with Gasteiger partial charge < -0.3 is 16.0 Å².